The molecular weight excluding hydrogens is 290 g/mol. The number of fused-ring (bicyclic) bond motifs is 1. The number of nitriles is 1. The van der Waals surface area contributed by atoms with Crippen LogP contribution in [-0.4, -0.2) is 14.4 Å². The molecule has 0 fully saturated rings. The molecule has 8 heteroatoms. The smallest absolute Gasteiger partial charge is 0.180 e. The summed E-state index contributed by atoms with van der Waals surface area (Å²) in [4.78, 5) is 8.54. The van der Waals surface area contributed by atoms with Gasteiger partial charge in [-0.05, 0) is 18.2 Å². The Kier molecular flexibility index (Phi) is 3.31. The third kappa shape index (κ3) is 2.45. The molecule has 2 aromatic heterocycles. The maximum atomic E-state index is 8.85. The Morgan fingerprint density at radius 2 is 2.24 bits per heavy atom. The fraction of sp³-hybridized carbons (Fsp3) is 0. The van der Waals surface area contributed by atoms with Gasteiger partial charge in [-0.3, -0.25) is 0 Å². The molecule has 7 nitrogen and oxygen atoms in total. The van der Waals surface area contributed by atoms with Gasteiger partial charge in [0.05, 0.1) is 28.5 Å². The van der Waals surface area contributed by atoms with Crippen molar-refractivity contribution in [1.82, 2.24) is 14.4 Å². The average Bonchev–Trinajstić information content (AvgIpc) is 2.97. The number of imidazole rings is 1. The molecule has 104 valence electrons. The highest BCUT2D eigenvalue weighted by Crippen LogP contribution is 2.27. The Morgan fingerprint density at radius 3 is 2.95 bits per heavy atom. The molecule has 0 atom stereocenters. The van der Waals surface area contributed by atoms with Crippen LogP contribution in [0.3, 0.4) is 0 Å². The van der Waals surface area contributed by atoms with Crippen LogP contribution in [0.4, 0.5) is 17.3 Å². The minimum Gasteiger partial charge on any atom is -0.336 e. The SMILES string of the molecule is N#Cc1ccc(Nc2nc(NN)cn3ccnc23)c(Cl)c1. The molecule has 0 aliphatic heterocycles. The summed E-state index contributed by atoms with van der Waals surface area (Å²) in [7, 11) is 0. The van der Waals surface area contributed by atoms with Crippen molar-refractivity contribution in [2.45, 2.75) is 0 Å². The molecule has 4 N–H and O–H groups in total. The molecule has 0 radical (unpaired) electrons. The lowest BCUT2D eigenvalue weighted by atomic mass is 10.2. The van der Waals surface area contributed by atoms with Crippen molar-refractivity contribution in [1.29, 1.82) is 5.26 Å². The molecule has 1 aromatic carbocycles. The molecule has 0 bridgehead atoms. The molecule has 3 rings (SSSR count). The number of hydrogen-bond acceptors (Lipinski definition) is 6. The second kappa shape index (κ2) is 5.28. The second-order valence-corrected chi connectivity index (χ2v) is 4.62. The largest absolute Gasteiger partial charge is 0.336 e. The Bertz CT molecular complexity index is 849. The van der Waals surface area contributed by atoms with E-state index in [2.05, 4.69) is 20.7 Å². The quantitative estimate of drug-likeness (QED) is 0.506. The van der Waals surface area contributed by atoms with Gasteiger partial charge in [-0.1, -0.05) is 11.6 Å². The van der Waals surface area contributed by atoms with Crippen LogP contribution in [0, 0.1) is 11.3 Å². The van der Waals surface area contributed by atoms with Gasteiger partial charge in [0, 0.05) is 12.4 Å². The fourth-order valence-corrected chi connectivity index (χ4v) is 2.13. The number of anilines is 3. The lowest BCUT2D eigenvalue weighted by molar-refractivity contribution is 1.11. The van der Waals surface area contributed by atoms with E-state index in [1.54, 1.807) is 41.2 Å². The lowest BCUT2D eigenvalue weighted by Gasteiger charge is -2.10. The van der Waals surface area contributed by atoms with Crippen LogP contribution >= 0.6 is 11.6 Å². The van der Waals surface area contributed by atoms with E-state index in [1.807, 2.05) is 6.07 Å². The Hall–Kier alpha value is -2.82. The zero-order chi connectivity index (χ0) is 14.8. The maximum absolute atomic E-state index is 8.85. The molecule has 21 heavy (non-hydrogen) atoms. The summed E-state index contributed by atoms with van der Waals surface area (Å²) in [5.74, 6) is 6.38. The normalized spacial score (nSPS) is 10.3. The predicted octanol–water partition coefficient (Wildman–Crippen LogP) is 2.28. The molecule has 0 unspecified atom stereocenters. The van der Waals surface area contributed by atoms with Crippen molar-refractivity contribution in [3.63, 3.8) is 0 Å². The van der Waals surface area contributed by atoms with Gasteiger partial charge in [0.15, 0.2) is 17.3 Å². The van der Waals surface area contributed by atoms with Gasteiger partial charge in [0.25, 0.3) is 0 Å². The minimum atomic E-state index is 0.423. The molecule has 0 aliphatic rings. The monoisotopic (exact) mass is 299 g/mol. The van der Waals surface area contributed by atoms with Crippen molar-refractivity contribution in [2.24, 2.45) is 5.84 Å². The molecular formula is C13H10ClN7. The third-order valence-electron chi connectivity index (χ3n) is 2.87. The van der Waals surface area contributed by atoms with Crippen LogP contribution in [0.1, 0.15) is 5.56 Å². The first-order valence-corrected chi connectivity index (χ1v) is 6.36. The number of hydrogen-bond donors (Lipinski definition) is 3. The summed E-state index contributed by atoms with van der Waals surface area (Å²) in [5.41, 5.74) is 4.24. The van der Waals surface area contributed by atoms with E-state index in [4.69, 9.17) is 22.7 Å². The lowest BCUT2D eigenvalue weighted by Crippen LogP contribution is -2.11. The highest BCUT2D eigenvalue weighted by molar-refractivity contribution is 6.33. The number of hydrazine groups is 1. The molecule has 3 aromatic rings. The first-order chi connectivity index (χ1) is 10.2. The van der Waals surface area contributed by atoms with E-state index in [9.17, 15) is 0 Å². The van der Waals surface area contributed by atoms with E-state index in [-0.39, 0.29) is 0 Å². The molecule has 0 saturated heterocycles. The van der Waals surface area contributed by atoms with Crippen LogP contribution in [-0.2, 0) is 0 Å². The van der Waals surface area contributed by atoms with Gasteiger partial charge in [-0.2, -0.15) is 5.26 Å². The molecule has 0 saturated carbocycles. The first-order valence-electron chi connectivity index (χ1n) is 5.98. The van der Waals surface area contributed by atoms with Crippen LogP contribution in [0.25, 0.3) is 5.65 Å². The number of nitrogens with zero attached hydrogens (tertiary/aromatic N) is 4. The van der Waals surface area contributed by atoms with Gasteiger partial charge in [0.1, 0.15) is 0 Å². The number of aromatic nitrogens is 3. The van der Waals surface area contributed by atoms with E-state index in [0.717, 1.165) is 0 Å². The Morgan fingerprint density at radius 1 is 1.38 bits per heavy atom. The van der Waals surface area contributed by atoms with Crippen LogP contribution in [0.2, 0.25) is 5.02 Å². The van der Waals surface area contributed by atoms with Gasteiger partial charge in [0.2, 0.25) is 0 Å². The zero-order valence-electron chi connectivity index (χ0n) is 10.7. The van der Waals surface area contributed by atoms with Crippen molar-refractivity contribution in [2.75, 3.05) is 10.7 Å². The predicted molar refractivity (Wildman–Crippen MR) is 80.2 cm³/mol. The van der Waals surface area contributed by atoms with E-state index in [0.29, 0.717) is 33.6 Å². The van der Waals surface area contributed by atoms with Crippen molar-refractivity contribution in [3.05, 3.63) is 47.4 Å². The number of rotatable bonds is 3. The Labute approximate surface area is 125 Å². The van der Waals surface area contributed by atoms with Gasteiger partial charge >= 0.3 is 0 Å². The second-order valence-electron chi connectivity index (χ2n) is 4.21. The van der Waals surface area contributed by atoms with E-state index in [1.165, 1.54) is 0 Å². The van der Waals surface area contributed by atoms with E-state index < -0.39 is 0 Å². The number of nitrogens with two attached hydrogens (primary N) is 1. The number of nitrogens with one attached hydrogen (secondary N) is 2. The average molecular weight is 300 g/mol. The summed E-state index contributed by atoms with van der Waals surface area (Å²) in [6, 6.07) is 6.99. The summed E-state index contributed by atoms with van der Waals surface area (Å²) in [6.45, 7) is 0. The highest BCUT2D eigenvalue weighted by Gasteiger charge is 2.09. The van der Waals surface area contributed by atoms with Crippen LogP contribution in [0.5, 0.6) is 0 Å². The standard InChI is InChI=1S/C13H10ClN7/c14-9-5-8(6-15)1-2-10(9)18-12-13-17-3-4-21(13)7-11(19-12)20-16/h1-5,7,20H,16H2,(H,18,19). The minimum absolute atomic E-state index is 0.423. The van der Waals surface area contributed by atoms with Gasteiger partial charge < -0.3 is 15.1 Å². The topological polar surface area (TPSA) is 104 Å². The number of nitrogen functional groups attached to an aromatic ring is 1. The zero-order valence-corrected chi connectivity index (χ0v) is 11.5. The summed E-state index contributed by atoms with van der Waals surface area (Å²) in [5, 5.41) is 12.4. The molecule has 0 aliphatic carbocycles. The summed E-state index contributed by atoms with van der Waals surface area (Å²) >= 11 is 6.15. The van der Waals surface area contributed by atoms with Gasteiger partial charge in [-0.15, -0.1) is 0 Å². The van der Waals surface area contributed by atoms with Crippen LogP contribution in [0.15, 0.2) is 36.8 Å². The molecule has 0 amide bonds. The number of halogens is 1. The first kappa shape index (κ1) is 13.2. The van der Waals surface area contributed by atoms with Crippen molar-refractivity contribution in [3.8, 4) is 6.07 Å². The van der Waals surface area contributed by atoms with Crippen molar-refractivity contribution < 1.29 is 0 Å². The fourth-order valence-electron chi connectivity index (χ4n) is 1.90. The molecule has 0 spiro atoms. The van der Waals surface area contributed by atoms with Crippen molar-refractivity contribution >= 4 is 34.6 Å². The number of benzene rings is 1. The molecule has 2 heterocycles. The van der Waals surface area contributed by atoms with Gasteiger partial charge in [-0.25, -0.2) is 15.8 Å². The third-order valence-corrected chi connectivity index (χ3v) is 3.19. The summed E-state index contributed by atoms with van der Waals surface area (Å²) in [6.07, 6.45) is 5.15. The van der Waals surface area contributed by atoms with E-state index >= 15 is 0 Å². The highest BCUT2D eigenvalue weighted by atomic mass is 35.5. The summed E-state index contributed by atoms with van der Waals surface area (Å²) < 4.78 is 1.78. The Balaban J connectivity index is 2.05. The van der Waals surface area contributed by atoms with Crippen LogP contribution < -0.4 is 16.6 Å². The maximum Gasteiger partial charge on any atom is 0.180 e.